The molecule has 2 atom stereocenters. The lowest BCUT2D eigenvalue weighted by Crippen LogP contribution is -2.58. The first-order chi connectivity index (χ1) is 9.16. The van der Waals surface area contributed by atoms with Crippen LogP contribution in [0.15, 0.2) is 0 Å². The summed E-state index contributed by atoms with van der Waals surface area (Å²) in [4.78, 5) is 2.69. The molecule has 0 spiro atoms. The van der Waals surface area contributed by atoms with E-state index in [1.165, 1.54) is 45.2 Å². The van der Waals surface area contributed by atoms with Crippen LogP contribution in [0.1, 0.15) is 52.9 Å². The van der Waals surface area contributed by atoms with Gasteiger partial charge in [-0.1, -0.05) is 19.3 Å². The summed E-state index contributed by atoms with van der Waals surface area (Å²) in [7, 11) is 0. The van der Waals surface area contributed by atoms with Crippen molar-refractivity contribution >= 4 is 0 Å². The van der Waals surface area contributed by atoms with Gasteiger partial charge in [0.2, 0.25) is 0 Å². The minimum atomic E-state index is 0.355. The normalized spacial score (nSPS) is 30.9. The average Bonchev–Trinajstić information content (AvgIpc) is 2.39. The van der Waals surface area contributed by atoms with Gasteiger partial charge in [0.15, 0.2) is 0 Å². The Morgan fingerprint density at radius 2 is 1.95 bits per heavy atom. The Morgan fingerprint density at radius 1 is 1.21 bits per heavy atom. The zero-order chi connectivity index (χ0) is 13.7. The second kappa shape index (κ2) is 7.61. The Bertz CT molecular complexity index is 251. The minimum Gasteiger partial charge on any atom is -0.377 e. The van der Waals surface area contributed by atoms with Crippen LogP contribution < -0.4 is 5.32 Å². The fourth-order valence-electron chi connectivity index (χ4n) is 3.65. The molecule has 3 nitrogen and oxygen atoms in total. The van der Waals surface area contributed by atoms with Crippen LogP contribution in [0.5, 0.6) is 0 Å². The highest BCUT2D eigenvalue weighted by Gasteiger charge is 2.32. The second-order valence-corrected chi connectivity index (χ2v) is 6.69. The SMILES string of the molecule is CC1CN(CCOC(C)C)C(C2CCCCC2)CN1. The van der Waals surface area contributed by atoms with Gasteiger partial charge < -0.3 is 10.1 Å². The van der Waals surface area contributed by atoms with Crippen molar-refractivity contribution in [3.8, 4) is 0 Å². The maximum atomic E-state index is 5.75. The number of hydrogen-bond acceptors (Lipinski definition) is 3. The van der Waals surface area contributed by atoms with Crippen LogP contribution in [0.3, 0.4) is 0 Å². The quantitative estimate of drug-likeness (QED) is 0.829. The van der Waals surface area contributed by atoms with E-state index < -0.39 is 0 Å². The summed E-state index contributed by atoms with van der Waals surface area (Å²) < 4.78 is 5.75. The van der Waals surface area contributed by atoms with Gasteiger partial charge in [-0.05, 0) is 39.5 Å². The predicted molar refractivity (Wildman–Crippen MR) is 80.5 cm³/mol. The van der Waals surface area contributed by atoms with Crippen molar-refractivity contribution in [3.63, 3.8) is 0 Å². The molecule has 1 aliphatic carbocycles. The van der Waals surface area contributed by atoms with E-state index >= 15 is 0 Å². The van der Waals surface area contributed by atoms with Crippen molar-refractivity contribution in [2.75, 3.05) is 26.2 Å². The number of nitrogens with one attached hydrogen (secondary N) is 1. The smallest absolute Gasteiger partial charge is 0.0597 e. The molecule has 2 unspecified atom stereocenters. The maximum absolute atomic E-state index is 5.75. The molecule has 2 fully saturated rings. The van der Waals surface area contributed by atoms with E-state index in [4.69, 9.17) is 4.74 Å². The van der Waals surface area contributed by atoms with E-state index in [9.17, 15) is 0 Å². The lowest BCUT2D eigenvalue weighted by molar-refractivity contribution is 0.0195. The lowest BCUT2D eigenvalue weighted by Gasteiger charge is -2.44. The van der Waals surface area contributed by atoms with Gasteiger partial charge in [-0.25, -0.2) is 0 Å². The topological polar surface area (TPSA) is 24.5 Å². The zero-order valence-corrected chi connectivity index (χ0v) is 13.0. The first-order valence-corrected chi connectivity index (χ1v) is 8.26. The summed E-state index contributed by atoms with van der Waals surface area (Å²) in [5.41, 5.74) is 0. The fourth-order valence-corrected chi connectivity index (χ4v) is 3.65. The van der Waals surface area contributed by atoms with Crippen LogP contribution in [0.25, 0.3) is 0 Å². The summed E-state index contributed by atoms with van der Waals surface area (Å²) in [6.45, 7) is 10.9. The molecule has 3 heteroatoms. The summed E-state index contributed by atoms with van der Waals surface area (Å²) in [5, 5.41) is 3.68. The van der Waals surface area contributed by atoms with Gasteiger partial charge in [0.1, 0.15) is 0 Å². The zero-order valence-electron chi connectivity index (χ0n) is 13.0. The molecule has 0 radical (unpaired) electrons. The van der Waals surface area contributed by atoms with Crippen molar-refractivity contribution < 1.29 is 4.74 Å². The highest BCUT2D eigenvalue weighted by Crippen LogP contribution is 2.30. The molecule has 1 saturated heterocycles. The van der Waals surface area contributed by atoms with Gasteiger partial charge in [0.25, 0.3) is 0 Å². The Kier molecular flexibility index (Phi) is 6.11. The van der Waals surface area contributed by atoms with Crippen LogP contribution in [0.2, 0.25) is 0 Å². The minimum absolute atomic E-state index is 0.355. The molecule has 0 amide bonds. The van der Waals surface area contributed by atoms with Crippen LogP contribution >= 0.6 is 0 Å². The van der Waals surface area contributed by atoms with Crippen LogP contribution in [-0.2, 0) is 4.74 Å². The number of hydrogen-bond donors (Lipinski definition) is 1. The largest absolute Gasteiger partial charge is 0.377 e. The molecule has 2 rings (SSSR count). The summed E-state index contributed by atoms with van der Waals surface area (Å²) in [6.07, 6.45) is 7.54. The van der Waals surface area contributed by atoms with Gasteiger partial charge in [-0.3, -0.25) is 4.90 Å². The summed E-state index contributed by atoms with van der Waals surface area (Å²) in [6, 6.07) is 1.37. The molecule has 1 heterocycles. The van der Waals surface area contributed by atoms with Crippen molar-refractivity contribution in [1.29, 1.82) is 0 Å². The molecule has 112 valence electrons. The van der Waals surface area contributed by atoms with Crippen LogP contribution in [0.4, 0.5) is 0 Å². The third kappa shape index (κ3) is 4.73. The molecule has 0 aromatic heterocycles. The standard InChI is InChI=1S/C16H32N2O/c1-13(2)19-10-9-18-12-14(3)17-11-16(18)15-7-5-4-6-8-15/h13-17H,4-12H2,1-3H3. The van der Waals surface area contributed by atoms with Gasteiger partial charge in [0.05, 0.1) is 12.7 Å². The first-order valence-electron chi connectivity index (χ1n) is 8.26. The summed E-state index contributed by atoms with van der Waals surface area (Å²) in [5.74, 6) is 0.910. The molecule has 1 aliphatic heterocycles. The van der Waals surface area contributed by atoms with Gasteiger partial charge >= 0.3 is 0 Å². The second-order valence-electron chi connectivity index (χ2n) is 6.69. The van der Waals surface area contributed by atoms with Crippen molar-refractivity contribution in [2.45, 2.75) is 71.1 Å². The van der Waals surface area contributed by atoms with Crippen LogP contribution in [-0.4, -0.2) is 49.3 Å². The highest BCUT2D eigenvalue weighted by molar-refractivity contribution is 4.89. The van der Waals surface area contributed by atoms with E-state index in [2.05, 4.69) is 31.0 Å². The fraction of sp³-hybridized carbons (Fsp3) is 1.00. The average molecular weight is 268 g/mol. The Morgan fingerprint density at radius 3 is 2.63 bits per heavy atom. The van der Waals surface area contributed by atoms with Crippen LogP contribution in [0, 0.1) is 5.92 Å². The Labute approximate surface area is 119 Å². The van der Waals surface area contributed by atoms with E-state index in [1.54, 1.807) is 0 Å². The molecule has 0 aromatic rings. The summed E-state index contributed by atoms with van der Waals surface area (Å²) >= 11 is 0. The Balaban J connectivity index is 1.86. The highest BCUT2D eigenvalue weighted by atomic mass is 16.5. The van der Waals surface area contributed by atoms with Gasteiger partial charge in [-0.2, -0.15) is 0 Å². The molecule has 1 saturated carbocycles. The lowest BCUT2D eigenvalue weighted by atomic mass is 9.82. The predicted octanol–water partition coefficient (Wildman–Crippen LogP) is 2.65. The maximum Gasteiger partial charge on any atom is 0.0597 e. The molecule has 2 aliphatic rings. The molecule has 0 aromatic carbocycles. The van der Waals surface area contributed by atoms with Crippen molar-refractivity contribution in [3.05, 3.63) is 0 Å². The van der Waals surface area contributed by atoms with Crippen molar-refractivity contribution in [2.24, 2.45) is 5.92 Å². The van der Waals surface area contributed by atoms with Crippen molar-refractivity contribution in [1.82, 2.24) is 10.2 Å². The third-order valence-corrected chi connectivity index (χ3v) is 4.68. The van der Waals surface area contributed by atoms with Gasteiger partial charge in [-0.15, -0.1) is 0 Å². The number of nitrogens with zero attached hydrogens (tertiary/aromatic N) is 1. The third-order valence-electron chi connectivity index (χ3n) is 4.68. The molecule has 1 N–H and O–H groups in total. The Hall–Kier alpha value is -0.120. The molecular formula is C16H32N2O. The number of ether oxygens (including phenoxy) is 1. The van der Waals surface area contributed by atoms with E-state index in [1.807, 2.05) is 0 Å². The molecule has 19 heavy (non-hydrogen) atoms. The number of piperazine rings is 1. The first kappa shape index (κ1) is 15.3. The van der Waals surface area contributed by atoms with E-state index in [0.29, 0.717) is 12.1 Å². The van der Waals surface area contributed by atoms with Gasteiger partial charge in [0, 0.05) is 31.7 Å². The van der Waals surface area contributed by atoms with E-state index in [-0.39, 0.29) is 0 Å². The molecule has 0 bridgehead atoms. The monoisotopic (exact) mass is 268 g/mol. The van der Waals surface area contributed by atoms with E-state index in [0.717, 1.165) is 25.1 Å². The number of rotatable bonds is 5. The molecular weight excluding hydrogens is 236 g/mol.